The van der Waals surface area contributed by atoms with E-state index in [2.05, 4.69) is 27.7 Å². The number of hydrogen-bond acceptors (Lipinski definition) is 16. The van der Waals surface area contributed by atoms with Crippen molar-refractivity contribution in [2.45, 2.75) is 137 Å². The van der Waals surface area contributed by atoms with Crippen LogP contribution in [-0.4, -0.2) is 77.8 Å². The van der Waals surface area contributed by atoms with Gasteiger partial charge in [0.15, 0.2) is 0 Å². The van der Waals surface area contributed by atoms with Gasteiger partial charge >= 0.3 is 11.9 Å². The van der Waals surface area contributed by atoms with E-state index in [-0.39, 0.29) is 24.4 Å². The Hall–Kier alpha value is -4.72. The fraction of sp³-hybridized carbons (Fsp3) is 0.475. The molecule has 2 fully saturated rings. The van der Waals surface area contributed by atoms with Gasteiger partial charge in [-0.3, -0.25) is 28.8 Å². The van der Waals surface area contributed by atoms with Crippen LogP contribution in [0, 0.1) is 22.7 Å². The third-order valence-corrected chi connectivity index (χ3v) is 19.9. The van der Waals surface area contributed by atoms with Gasteiger partial charge in [0.25, 0.3) is 0 Å². The van der Waals surface area contributed by atoms with Crippen molar-refractivity contribution in [1.29, 1.82) is 0 Å². The van der Waals surface area contributed by atoms with E-state index in [1.54, 1.807) is 81.1 Å². The minimum atomic E-state index is -1.35. The van der Waals surface area contributed by atoms with Crippen LogP contribution in [-0.2, 0) is 43.7 Å². The maximum atomic E-state index is 14.5. The van der Waals surface area contributed by atoms with Crippen molar-refractivity contribution in [3.8, 4) is 23.0 Å². The minimum Gasteiger partial charge on any atom is -0.465 e. The van der Waals surface area contributed by atoms with Gasteiger partial charge in [0.2, 0.25) is 23.6 Å². The summed E-state index contributed by atoms with van der Waals surface area (Å²) in [7, 11) is 0. The predicted molar refractivity (Wildman–Crippen MR) is 332 cm³/mol. The van der Waals surface area contributed by atoms with Crippen LogP contribution in [0.3, 0.4) is 0 Å². The summed E-state index contributed by atoms with van der Waals surface area (Å²) in [5.41, 5.74) is 0.661. The molecule has 18 heteroatoms. The summed E-state index contributed by atoms with van der Waals surface area (Å²) in [5, 5.41) is -1.48. The van der Waals surface area contributed by atoms with Gasteiger partial charge in [-0.05, 0) is 169 Å². The van der Waals surface area contributed by atoms with Gasteiger partial charge in [-0.1, -0.05) is 120 Å². The Morgan fingerprint density at radius 2 is 0.886 bits per heavy atom. The monoisotopic (exact) mass is 1190 g/mol. The number of imide groups is 2. The van der Waals surface area contributed by atoms with Gasteiger partial charge in [0.05, 0.1) is 47.3 Å². The normalized spacial score (nSPS) is 17.8. The fourth-order valence-electron chi connectivity index (χ4n) is 8.83. The molecule has 0 radical (unpaired) electrons. The average molecular weight is 1190 g/mol. The molecule has 4 aromatic rings. The third-order valence-electron chi connectivity index (χ3n) is 13.9. The summed E-state index contributed by atoms with van der Waals surface area (Å²) in [6.07, 6.45) is 6.92. The maximum absolute atomic E-state index is 14.5. The smallest absolute Gasteiger partial charge is 0.312 e. The number of rotatable bonds is 25. The second-order valence-electron chi connectivity index (χ2n) is 21.8. The third kappa shape index (κ3) is 16.5. The lowest BCUT2D eigenvalue weighted by Gasteiger charge is -2.30. The van der Waals surface area contributed by atoms with E-state index < -0.39 is 56.4 Å². The van der Waals surface area contributed by atoms with E-state index >= 15 is 0 Å². The van der Waals surface area contributed by atoms with Crippen molar-refractivity contribution in [1.82, 2.24) is 0 Å². The summed E-state index contributed by atoms with van der Waals surface area (Å²) in [6, 6.07) is 29.4. The van der Waals surface area contributed by atoms with E-state index in [4.69, 9.17) is 43.4 Å². The number of benzene rings is 4. The van der Waals surface area contributed by atoms with Gasteiger partial charge < -0.3 is 18.9 Å². The molecule has 0 aromatic heterocycles. The second-order valence-corrected chi connectivity index (χ2v) is 28.7. The van der Waals surface area contributed by atoms with Crippen LogP contribution in [0.15, 0.2) is 97.1 Å². The van der Waals surface area contributed by atoms with Crippen molar-refractivity contribution in [2.75, 3.05) is 34.5 Å². The summed E-state index contributed by atoms with van der Waals surface area (Å²) in [6.45, 7) is 19.5. The SMILES string of the molecule is CCCCSC(=S)SC1C(=O)N(c2ccc(Oc3ccc(C(C)(C)c4ccc(Oc5ccc(N6C(=O)C(SC(=S)SCCCC)C(C(C)(C)C(=O)OCCCCCCOC(=O)C(C)(C)C)C6=O)cc5)cc4)cc3)cc2)C(=O)C1C. The molecular weight excluding hydrogens is 1110 g/mol. The fourth-order valence-corrected chi connectivity index (χ4v) is 14.6. The highest BCUT2D eigenvalue weighted by molar-refractivity contribution is 8.48. The molecule has 4 amide bonds. The van der Waals surface area contributed by atoms with Gasteiger partial charge in [0.1, 0.15) is 40.6 Å². The number of unbranched alkanes of at least 4 members (excludes halogenated alkanes) is 5. The number of thioether (sulfide) groups is 4. The molecule has 424 valence electrons. The molecule has 0 aliphatic carbocycles. The number of anilines is 2. The molecule has 6 rings (SSSR count). The first-order chi connectivity index (χ1) is 37.5. The Labute approximate surface area is 494 Å². The van der Waals surface area contributed by atoms with Crippen LogP contribution in [0.25, 0.3) is 0 Å². The van der Waals surface area contributed by atoms with Crippen molar-refractivity contribution in [3.05, 3.63) is 108 Å². The molecule has 79 heavy (non-hydrogen) atoms. The number of carbonyl (C=O) groups excluding carboxylic acids is 6. The molecule has 2 heterocycles. The minimum absolute atomic E-state index is 0.156. The standard InChI is InChI=1S/C61H74N2O10S6/c1-11-13-37-76-57(74)78-49-39(3)51(64)62(53(49)66)42-23-31-46(32-24-42)72-44-27-19-40(20-28-44)60(7,8)41-21-29-45(30-22-41)73-47-33-25-43(26-34-47)63-52(65)48(50(54(63)67)79-58(75)77-38-14-12-2)61(9,10)56(69)71-36-18-16-15-17-35-70-55(68)59(4,5)6/h19-34,39,48-50H,11-18,35-38H2,1-10H3. The van der Waals surface area contributed by atoms with Crippen LogP contribution in [0.1, 0.15) is 132 Å². The molecular formula is C61H74N2O10S6. The number of esters is 2. The number of hydrogen-bond donors (Lipinski definition) is 0. The van der Waals surface area contributed by atoms with Gasteiger partial charge in [-0.15, -0.1) is 23.5 Å². The molecule has 4 atom stereocenters. The Bertz CT molecular complexity index is 2800. The molecule has 0 spiro atoms. The summed E-state index contributed by atoms with van der Waals surface area (Å²) in [4.78, 5) is 83.7. The average Bonchev–Trinajstić information content (AvgIpc) is 4.08. The van der Waals surface area contributed by atoms with Crippen LogP contribution in [0.2, 0.25) is 0 Å². The highest BCUT2D eigenvalue weighted by atomic mass is 32.2. The summed E-state index contributed by atoms with van der Waals surface area (Å²) in [5.74, 6) is 0.204. The highest BCUT2D eigenvalue weighted by Crippen LogP contribution is 2.46. The number of nitrogens with zero attached hydrogens (tertiary/aromatic N) is 2. The second kappa shape index (κ2) is 28.8. The van der Waals surface area contributed by atoms with Gasteiger partial charge in [-0.2, -0.15) is 0 Å². The Kier molecular flexibility index (Phi) is 23.1. The largest absolute Gasteiger partial charge is 0.465 e. The molecule has 2 aliphatic rings. The van der Waals surface area contributed by atoms with Gasteiger partial charge in [0, 0.05) is 5.41 Å². The first kappa shape index (κ1) is 63.5. The van der Waals surface area contributed by atoms with E-state index in [0.29, 0.717) is 60.9 Å². The number of carbonyl (C=O) groups is 6. The van der Waals surface area contributed by atoms with Crippen molar-refractivity contribution in [3.63, 3.8) is 0 Å². The highest BCUT2D eigenvalue weighted by Gasteiger charge is 2.58. The van der Waals surface area contributed by atoms with Crippen molar-refractivity contribution >= 4 is 125 Å². The first-order valence-electron chi connectivity index (χ1n) is 27.0. The van der Waals surface area contributed by atoms with Crippen LogP contribution < -0.4 is 19.3 Å². The van der Waals surface area contributed by atoms with Crippen LogP contribution >= 0.6 is 71.5 Å². The lowest BCUT2D eigenvalue weighted by Crippen LogP contribution is -2.43. The maximum Gasteiger partial charge on any atom is 0.312 e. The molecule has 2 saturated heterocycles. The molecule has 4 aromatic carbocycles. The molecule has 0 bridgehead atoms. The zero-order valence-corrected chi connectivity index (χ0v) is 51.9. The van der Waals surface area contributed by atoms with Crippen LogP contribution in [0.5, 0.6) is 23.0 Å². The molecule has 2 aliphatic heterocycles. The Balaban J connectivity index is 1.04. The van der Waals surface area contributed by atoms with Crippen molar-refractivity contribution < 1.29 is 47.7 Å². The summed E-state index contributed by atoms with van der Waals surface area (Å²) >= 11 is 16.8. The molecule has 0 N–H and O–H groups in total. The van der Waals surface area contributed by atoms with E-state index in [1.165, 1.54) is 28.4 Å². The van der Waals surface area contributed by atoms with Gasteiger partial charge in [-0.25, -0.2) is 9.80 Å². The number of thiocarbonyl (C=S) groups is 2. The summed E-state index contributed by atoms with van der Waals surface area (Å²) < 4.78 is 24.8. The topological polar surface area (TPSA) is 146 Å². The Morgan fingerprint density at radius 3 is 1.30 bits per heavy atom. The first-order valence-corrected chi connectivity index (χ1v) is 31.6. The lowest BCUT2D eigenvalue weighted by molar-refractivity contribution is -0.159. The van der Waals surface area contributed by atoms with Crippen LogP contribution in [0.4, 0.5) is 11.4 Å². The molecule has 0 saturated carbocycles. The van der Waals surface area contributed by atoms with Crippen molar-refractivity contribution in [2.24, 2.45) is 22.7 Å². The number of amides is 4. The lowest BCUT2D eigenvalue weighted by atomic mass is 9.77. The zero-order chi connectivity index (χ0) is 57.7. The molecule has 12 nitrogen and oxygen atoms in total. The predicted octanol–water partition coefficient (Wildman–Crippen LogP) is 15.2. The quantitative estimate of drug-likeness (QED) is 0.0268. The molecule has 4 unspecified atom stereocenters. The zero-order valence-electron chi connectivity index (χ0n) is 47.0. The van der Waals surface area contributed by atoms with E-state index in [1.807, 2.05) is 69.3 Å². The number of ether oxygens (including phenoxy) is 4. The van der Waals surface area contributed by atoms with E-state index in [0.717, 1.165) is 77.8 Å². The van der Waals surface area contributed by atoms with E-state index in [9.17, 15) is 28.8 Å². The Morgan fingerprint density at radius 1 is 0.506 bits per heavy atom.